The Morgan fingerprint density at radius 1 is 1.33 bits per heavy atom. The maximum absolute atomic E-state index is 5.42. The molecule has 4 nitrogen and oxygen atoms in total. The van der Waals surface area contributed by atoms with E-state index in [4.69, 9.17) is 4.74 Å². The van der Waals surface area contributed by atoms with Gasteiger partial charge in [-0.05, 0) is 19.9 Å². The summed E-state index contributed by atoms with van der Waals surface area (Å²) in [4.78, 5) is 4.10. The van der Waals surface area contributed by atoms with E-state index in [9.17, 15) is 0 Å². The molecule has 1 rings (SSSR count). The predicted molar refractivity (Wildman–Crippen MR) is 63.4 cm³/mol. The van der Waals surface area contributed by atoms with Crippen LogP contribution in [0.5, 0.6) is 0 Å². The molecule has 0 spiro atoms. The molecule has 1 heterocycles. The summed E-state index contributed by atoms with van der Waals surface area (Å²) in [5.41, 5.74) is 2.01. The third kappa shape index (κ3) is 4.65. The van der Waals surface area contributed by atoms with Crippen LogP contribution in [0.15, 0.2) is 18.5 Å². The number of anilines is 2. The summed E-state index contributed by atoms with van der Waals surface area (Å²) in [5, 5.41) is 6.29. The Hall–Kier alpha value is -1.29. The van der Waals surface area contributed by atoms with Crippen LogP contribution in [0.2, 0.25) is 0 Å². The van der Waals surface area contributed by atoms with Crippen LogP contribution in [0, 0.1) is 0 Å². The third-order valence-electron chi connectivity index (χ3n) is 1.91. The van der Waals surface area contributed by atoms with E-state index < -0.39 is 0 Å². The SMILES string of the molecule is CNc1cncc(NCCOC(C)C)c1. The van der Waals surface area contributed by atoms with Crippen LogP contribution in [0.1, 0.15) is 13.8 Å². The van der Waals surface area contributed by atoms with Gasteiger partial charge >= 0.3 is 0 Å². The molecule has 0 amide bonds. The van der Waals surface area contributed by atoms with E-state index in [1.165, 1.54) is 0 Å². The number of hydrogen-bond donors (Lipinski definition) is 2. The molecule has 0 aromatic carbocycles. The monoisotopic (exact) mass is 209 g/mol. The number of pyridine rings is 1. The molecule has 0 saturated carbocycles. The second-order valence-electron chi connectivity index (χ2n) is 3.56. The van der Waals surface area contributed by atoms with Gasteiger partial charge in [0.1, 0.15) is 0 Å². The molecule has 1 aromatic heterocycles. The highest BCUT2D eigenvalue weighted by Gasteiger charge is 1.95. The second-order valence-corrected chi connectivity index (χ2v) is 3.56. The zero-order valence-corrected chi connectivity index (χ0v) is 9.58. The topological polar surface area (TPSA) is 46.2 Å². The number of nitrogens with zero attached hydrogens (tertiary/aromatic N) is 1. The molecular weight excluding hydrogens is 190 g/mol. The molecular formula is C11H19N3O. The van der Waals surface area contributed by atoms with Crippen molar-refractivity contribution in [1.29, 1.82) is 0 Å². The van der Waals surface area contributed by atoms with Gasteiger partial charge in [-0.25, -0.2) is 0 Å². The van der Waals surface area contributed by atoms with Crippen LogP contribution < -0.4 is 10.6 Å². The van der Waals surface area contributed by atoms with Crippen molar-refractivity contribution in [3.63, 3.8) is 0 Å². The van der Waals surface area contributed by atoms with Crippen molar-refractivity contribution in [2.24, 2.45) is 0 Å². The van der Waals surface area contributed by atoms with Gasteiger partial charge in [-0.3, -0.25) is 4.98 Å². The van der Waals surface area contributed by atoms with E-state index in [1.807, 2.05) is 27.0 Å². The zero-order valence-electron chi connectivity index (χ0n) is 9.58. The lowest BCUT2D eigenvalue weighted by atomic mass is 10.3. The fraction of sp³-hybridized carbons (Fsp3) is 0.545. The summed E-state index contributed by atoms with van der Waals surface area (Å²) >= 11 is 0. The van der Waals surface area contributed by atoms with Gasteiger partial charge in [0.25, 0.3) is 0 Å². The first kappa shape index (κ1) is 11.8. The molecule has 0 atom stereocenters. The van der Waals surface area contributed by atoms with Crippen molar-refractivity contribution >= 4 is 11.4 Å². The zero-order chi connectivity index (χ0) is 11.1. The number of nitrogens with one attached hydrogen (secondary N) is 2. The summed E-state index contributed by atoms with van der Waals surface area (Å²) in [5.74, 6) is 0. The first-order valence-corrected chi connectivity index (χ1v) is 5.20. The molecule has 0 aliphatic heterocycles. The van der Waals surface area contributed by atoms with Gasteiger partial charge in [-0.15, -0.1) is 0 Å². The summed E-state index contributed by atoms with van der Waals surface area (Å²) in [6.45, 7) is 5.57. The Kier molecular flexibility index (Phi) is 4.90. The average molecular weight is 209 g/mol. The molecule has 0 unspecified atom stereocenters. The van der Waals surface area contributed by atoms with Crippen molar-refractivity contribution in [2.75, 3.05) is 30.8 Å². The lowest BCUT2D eigenvalue weighted by Crippen LogP contribution is -2.13. The highest BCUT2D eigenvalue weighted by Crippen LogP contribution is 2.11. The molecule has 0 saturated heterocycles. The summed E-state index contributed by atoms with van der Waals surface area (Å²) in [6.07, 6.45) is 3.88. The Balaban J connectivity index is 2.30. The van der Waals surface area contributed by atoms with Crippen LogP contribution in [0.4, 0.5) is 11.4 Å². The summed E-state index contributed by atoms with van der Waals surface area (Å²) < 4.78 is 5.42. The van der Waals surface area contributed by atoms with E-state index in [-0.39, 0.29) is 6.10 Å². The second kappa shape index (κ2) is 6.24. The Morgan fingerprint density at radius 3 is 2.73 bits per heavy atom. The smallest absolute Gasteiger partial charge is 0.0642 e. The van der Waals surface area contributed by atoms with Gasteiger partial charge in [0.2, 0.25) is 0 Å². The summed E-state index contributed by atoms with van der Waals surface area (Å²) in [7, 11) is 1.88. The highest BCUT2D eigenvalue weighted by atomic mass is 16.5. The van der Waals surface area contributed by atoms with Crippen molar-refractivity contribution in [2.45, 2.75) is 20.0 Å². The average Bonchev–Trinajstić information content (AvgIpc) is 2.24. The van der Waals surface area contributed by atoms with E-state index in [1.54, 1.807) is 12.4 Å². The molecule has 1 aromatic rings. The van der Waals surface area contributed by atoms with Crippen molar-refractivity contribution in [1.82, 2.24) is 4.98 Å². The van der Waals surface area contributed by atoms with Crippen LogP contribution in [0.25, 0.3) is 0 Å². The normalized spacial score (nSPS) is 10.4. The molecule has 0 radical (unpaired) electrons. The Bertz CT molecular complexity index is 289. The fourth-order valence-corrected chi connectivity index (χ4v) is 1.16. The van der Waals surface area contributed by atoms with Gasteiger partial charge < -0.3 is 15.4 Å². The summed E-state index contributed by atoms with van der Waals surface area (Å²) in [6, 6.07) is 2.02. The van der Waals surface area contributed by atoms with Crippen molar-refractivity contribution in [3.8, 4) is 0 Å². The Morgan fingerprint density at radius 2 is 2.07 bits per heavy atom. The van der Waals surface area contributed by atoms with Gasteiger partial charge in [0.05, 0.1) is 36.5 Å². The van der Waals surface area contributed by atoms with Crippen molar-refractivity contribution < 1.29 is 4.74 Å². The molecule has 0 fully saturated rings. The third-order valence-corrected chi connectivity index (χ3v) is 1.91. The maximum Gasteiger partial charge on any atom is 0.0642 e. The van der Waals surface area contributed by atoms with Crippen LogP contribution >= 0.6 is 0 Å². The lowest BCUT2D eigenvalue weighted by molar-refractivity contribution is 0.0870. The van der Waals surface area contributed by atoms with E-state index in [2.05, 4.69) is 15.6 Å². The fourth-order valence-electron chi connectivity index (χ4n) is 1.16. The molecule has 0 aliphatic carbocycles. The minimum absolute atomic E-state index is 0.286. The van der Waals surface area contributed by atoms with Crippen molar-refractivity contribution in [3.05, 3.63) is 18.5 Å². The van der Waals surface area contributed by atoms with Gasteiger partial charge in [0, 0.05) is 13.6 Å². The number of ether oxygens (including phenoxy) is 1. The lowest BCUT2D eigenvalue weighted by Gasteiger charge is -2.10. The number of hydrogen-bond acceptors (Lipinski definition) is 4. The van der Waals surface area contributed by atoms with E-state index in [0.29, 0.717) is 6.61 Å². The minimum atomic E-state index is 0.286. The molecule has 2 N–H and O–H groups in total. The number of aromatic nitrogens is 1. The Labute approximate surface area is 91.1 Å². The standard InChI is InChI=1S/C11H19N3O/c1-9(2)15-5-4-14-11-6-10(12-3)7-13-8-11/h6-9,12,14H,4-5H2,1-3H3. The minimum Gasteiger partial charge on any atom is -0.387 e. The van der Waals surface area contributed by atoms with Crippen LogP contribution in [-0.4, -0.2) is 31.3 Å². The number of rotatable bonds is 6. The highest BCUT2D eigenvalue weighted by molar-refractivity contribution is 5.53. The van der Waals surface area contributed by atoms with E-state index in [0.717, 1.165) is 17.9 Å². The quantitative estimate of drug-likeness (QED) is 0.703. The molecule has 15 heavy (non-hydrogen) atoms. The maximum atomic E-state index is 5.42. The van der Waals surface area contributed by atoms with Crippen LogP contribution in [-0.2, 0) is 4.74 Å². The molecule has 0 bridgehead atoms. The van der Waals surface area contributed by atoms with E-state index >= 15 is 0 Å². The molecule has 4 heteroatoms. The predicted octanol–water partition coefficient (Wildman–Crippen LogP) is 1.96. The van der Waals surface area contributed by atoms with Gasteiger partial charge in [-0.1, -0.05) is 0 Å². The molecule has 84 valence electrons. The van der Waals surface area contributed by atoms with Gasteiger partial charge in [0.15, 0.2) is 0 Å². The first-order chi connectivity index (χ1) is 7.22. The molecule has 0 aliphatic rings. The van der Waals surface area contributed by atoms with Crippen LogP contribution in [0.3, 0.4) is 0 Å². The largest absolute Gasteiger partial charge is 0.387 e. The van der Waals surface area contributed by atoms with Gasteiger partial charge in [-0.2, -0.15) is 0 Å². The first-order valence-electron chi connectivity index (χ1n) is 5.20.